The van der Waals surface area contributed by atoms with E-state index in [1.54, 1.807) is 31.6 Å². The minimum absolute atomic E-state index is 0.0165. The molecular weight excluding hydrogens is 652 g/mol. The van der Waals surface area contributed by atoms with Crippen molar-refractivity contribution in [3.8, 4) is 17.2 Å². The fourth-order valence-electron chi connectivity index (χ4n) is 5.54. The predicted molar refractivity (Wildman–Crippen MR) is 184 cm³/mol. The third-order valence-corrected chi connectivity index (χ3v) is 9.72. The standard InChI is InChI=1S/C35H33FN6O4S2/c1-21-13-14-22(2)27(16-21)41-31(19-37-34(44)23-8-5-9-24(36)17-23)38-39-35(41)48-20-32(43)42-28(18-26(40-42)30-12-7-15-47-30)25-10-6-11-29(45-3)33(25)46-4/h5-17,28H,18-20H2,1-4H3,(H,37,44)/t28-/m1/s1. The molecule has 0 fully saturated rings. The molecule has 3 heterocycles. The van der Waals surface area contributed by atoms with E-state index < -0.39 is 17.8 Å². The first-order valence-corrected chi connectivity index (χ1v) is 17.0. The summed E-state index contributed by atoms with van der Waals surface area (Å²) >= 11 is 2.80. The number of carbonyl (C=O) groups excluding carboxylic acids is 2. The van der Waals surface area contributed by atoms with Crippen molar-refractivity contribution in [1.29, 1.82) is 0 Å². The third kappa shape index (κ3) is 6.83. The number of methoxy groups -OCH3 is 2. The molecular formula is C35H33FN6O4S2. The molecule has 2 amide bonds. The number of para-hydroxylation sites is 1. The third-order valence-electron chi connectivity index (χ3n) is 7.89. The maximum absolute atomic E-state index is 14.0. The highest BCUT2D eigenvalue weighted by molar-refractivity contribution is 7.99. The van der Waals surface area contributed by atoms with Crippen molar-refractivity contribution in [3.63, 3.8) is 0 Å². The number of hydrogen-bond acceptors (Lipinski definition) is 9. The Morgan fingerprint density at radius 2 is 1.85 bits per heavy atom. The molecule has 10 nitrogen and oxygen atoms in total. The van der Waals surface area contributed by atoms with Crippen molar-refractivity contribution >= 4 is 40.6 Å². The molecule has 1 aliphatic rings. The van der Waals surface area contributed by atoms with Crippen molar-refractivity contribution in [2.45, 2.75) is 38.0 Å². The Balaban J connectivity index is 1.29. The van der Waals surface area contributed by atoms with Gasteiger partial charge in [0.1, 0.15) is 5.82 Å². The van der Waals surface area contributed by atoms with Gasteiger partial charge >= 0.3 is 0 Å². The van der Waals surface area contributed by atoms with Gasteiger partial charge in [0.15, 0.2) is 22.5 Å². The van der Waals surface area contributed by atoms with Gasteiger partial charge in [-0.25, -0.2) is 9.40 Å². The fourth-order valence-corrected chi connectivity index (χ4v) is 7.08. The number of nitrogens with one attached hydrogen (secondary N) is 1. The van der Waals surface area contributed by atoms with Crippen molar-refractivity contribution < 1.29 is 23.5 Å². The normalized spacial score (nSPS) is 14.1. The first kappa shape index (κ1) is 32.9. The van der Waals surface area contributed by atoms with Gasteiger partial charge in [0, 0.05) is 17.5 Å². The fraction of sp³-hybridized carbons (Fsp3) is 0.229. The molecule has 0 saturated carbocycles. The molecule has 13 heteroatoms. The second kappa shape index (κ2) is 14.4. The van der Waals surface area contributed by atoms with Crippen molar-refractivity contribution in [3.05, 3.63) is 117 Å². The van der Waals surface area contributed by atoms with Gasteiger partial charge in [-0.2, -0.15) is 5.10 Å². The number of thioether (sulfide) groups is 1. The van der Waals surface area contributed by atoms with Crippen LogP contribution < -0.4 is 14.8 Å². The van der Waals surface area contributed by atoms with Crippen LogP contribution in [0.25, 0.3) is 5.69 Å². The van der Waals surface area contributed by atoms with Crippen LogP contribution in [0.15, 0.2) is 88.4 Å². The molecule has 246 valence electrons. The molecule has 0 radical (unpaired) electrons. The van der Waals surface area contributed by atoms with E-state index in [0.29, 0.717) is 28.9 Å². The van der Waals surface area contributed by atoms with Crippen LogP contribution in [0.5, 0.6) is 11.5 Å². The highest BCUT2D eigenvalue weighted by Crippen LogP contribution is 2.42. The zero-order valence-corrected chi connectivity index (χ0v) is 28.4. The molecule has 0 bridgehead atoms. The van der Waals surface area contributed by atoms with Crippen molar-refractivity contribution in [2.75, 3.05) is 20.0 Å². The number of hydrazone groups is 1. The van der Waals surface area contributed by atoms with Crippen LogP contribution in [0.2, 0.25) is 0 Å². The topological polar surface area (TPSA) is 111 Å². The minimum Gasteiger partial charge on any atom is -0.493 e. The molecule has 48 heavy (non-hydrogen) atoms. The van der Waals surface area contributed by atoms with Gasteiger partial charge in [0.2, 0.25) is 0 Å². The number of ether oxygens (including phenoxy) is 2. The van der Waals surface area contributed by atoms with Crippen LogP contribution in [0.1, 0.15) is 50.2 Å². The molecule has 0 spiro atoms. The number of amides is 2. The maximum Gasteiger partial charge on any atom is 0.253 e. The first-order chi connectivity index (χ1) is 23.3. The SMILES string of the molecule is COc1cccc([C@H]2CC(c3cccs3)=NN2C(=O)CSc2nnc(CNC(=O)c3cccc(F)c3)n2-c2cc(C)ccc2C)c1OC. The van der Waals surface area contributed by atoms with E-state index in [9.17, 15) is 14.0 Å². The maximum atomic E-state index is 14.0. The second-order valence-electron chi connectivity index (χ2n) is 11.1. The number of nitrogens with zero attached hydrogens (tertiary/aromatic N) is 5. The zero-order valence-electron chi connectivity index (χ0n) is 26.8. The van der Waals surface area contributed by atoms with Gasteiger partial charge in [-0.15, -0.1) is 21.5 Å². The molecule has 1 aliphatic heterocycles. The lowest BCUT2D eigenvalue weighted by Crippen LogP contribution is -2.29. The molecule has 3 aromatic carbocycles. The van der Waals surface area contributed by atoms with Crippen molar-refractivity contribution in [2.24, 2.45) is 5.10 Å². The summed E-state index contributed by atoms with van der Waals surface area (Å²) in [4.78, 5) is 27.9. The summed E-state index contributed by atoms with van der Waals surface area (Å²) in [5.74, 6) is 0.434. The summed E-state index contributed by atoms with van der Waals surface area (Å²) < 4.78 is 26.9. The number of thiophene rings is 1. The second-order valence-corrected chi connectivity index (χ2v) is 13.0. The molecule has 6 rings (SSSR count). The average molecular weight is 685 g/mol. The summed E-state index contributed by atoms with van der Waals surface area (Å²) in [5.41, 5.74) is 4.61. The number of hydrogen-bond donors (Lipinski definition) is 1. The van der Waals surface area contributed by atoms with E-state index in [4.69, 9.17) is 14.6 Å². The minimum atomic E-state index is -0.499. The van der Waals surface area contributed by atoms with Crippen LogP contribution >= 0.6 is 23.1 Å². The summed E-state index contributed by atoms with van der Waals surface area (Å²) in [6.07, 6.45) is 0.508. The Kier molecular flexibility index (Phi) is 9.88. The van der Waals surface area contributed by atoms with E-state index in [-0.39, 0.29) is 23.8 Å². The highest BCUT2D eigenvalue weighted by Gasteiger charge is 2.36. The highest BCUT2D eigenvalue weighted by atomic mass is 32.2. The lowest BCUT2D eigenvalue weighted by Gasteiger charge is -2.24. The number of halogens is 1. The number of aromatic nitrogens is 3. The summed E-state index contributed by atoms with van der Waals surface area (Å²) in [6.45, 7) is 3.99. The van der Waals surface area contributed by atoms with E-state index in [2.05, 4.69) is 15.5 Å². The smallest absolute Gasteiger partial charge is 0.253 e. The Hall–Kier alpha value is -5.01. The zero-order chi connectivity index (χ0) is 33.8. The van der Waals surface area contributed by atoms with Crippen LogP contribution in [0, 0.1) is 19.7 Å². The van der Waals surface area contributed by atoms with E-state index in [1.807, 2.05) is 72.3 Å². The lowest BCUT2D eigenvalue weighted by atomic mass is 9.99. The number of carbonyl (C=O) groups is 2. The van der Waals surface area contributed by atoms with E-state index >= 15 is 0 Å². The van der Waals surface area contributed by atoms with Gasteiger partial charge in [-0.05, 0) is 66.8 Å². The molecule has 0 unspecified atom stereocenters. The lowest BCUT2D eigenvalue weighted by molar-refractivity contribution is -0.130. The van der Waals surface area contributed by atoms with Gasteiger partial charge in [0.05, 0.1) is 48.8 Å². The summed E-state index contributed by atoms with van der Waals surface area (Å²) in [6, 6.07) is 20.7. The van der Waals surface area contributed by atoms with Gasteiger partial charge in [-0.3, -0.25) is 14.2 Å². The number of aryl methyl sites for hydroxylation is 2. The average Bonchev–Trinajstić information content (AvgIpc) is 3.87. The van der Waals surface area contributed by atoms with E-state index in [0.717, 1.165) is 33.0 Å². The number of rotatable bonds is 11. The monoisotopic (exact) mass is 684 g/mol. The predicted octanol–water partition coefficient (Wildman–Crippen LogP) is 6.50. The van der Waals surface area contributed by atoms with Gasteiger partial charge in [0.25, 0.3) is 11.8 Å². The Labute approximate surface area is 285 Å². The molecule has 2 aromatic heterocycles. The molecule has 1 N–H and O–H groups in total. The molecule has 0 saturated heterocycles. The number of benzene rings is 3. The van der Waals surface area contributed by atoms with Crippen LogP contribution in [0.4, 0.5) is 4.39 Å². The molecule has 5 aromatic rings. The van der Waals surface area contributed by atoms with Gasteiger partial charge in [-0.1, -0.05) is 48.2 Å². The Morgan fingerprint density at radius 3 is 2.60 bits per heavy atom. The van der Waals surface area contributed by atoms with Gasteiger partial charge < -0.3 is 14.8 Å². The molecule has 1 atom stereocenters. The Bertz CT molecular complexity index is 1990. The van der Waals surface area contributed by atoms with Crippen LogP contribution in [0.3, 0.4) is 0 Å². The van der Waals surface area contributed by atoms with Crippen LogP contribution in [-0.4, -0.2) is 57.3 Å². The molecule has 0 aliphatic carbocycles. The first-order valence-electron chi connectivity index (χ1n) is 15.1. The largest absolute Gasteiger partial charge is 0.493 e. The quantitative estimate of drug-likeness (QED) is 0.158. The Morgan fingerprint density at radius 1 is 1.02 bits per heavy atom. The van der Waals surface area contributed by atoms with Crippen LogP contribution in [-0.2, 0) is 11.3 Å². The summed E-state index contributed by atoms with van der Waals surface area (Å²) in [5, 5.41) is 20.4. The van der Waals surface area contributed by atoms with Crippen molar-refractivity contribution in [1.82, 2.24) is 25.1 Å². The summed E-state index contributed by atoms with van der Waals surface area (Å²) in [7, 11) is 3.16. The van der Waals surface area contributed by atoms with E-state index in [1.165, 1.54) is 35.0 Å².